The maximum absolute atomic E-state index is 12.5. The number of amides is 1. The summed E-state index contributed by atoms with van der Waals surface area (Å²) >= 11 is 5.87. The highest BCUT2D eigenvalue weighted by Gasteiger charge is 2.22. The van der Waals surface area contributed by atoms with E-state index in [1.54, 1.807) is 24.3 Å². The first-order valence-corrected chi connectivity index (χ1v) is 14.6. The molecular formula is C34H34ClN3O3. The van der Waals surface area contributed by atoms with Gasteiger partial charge in [0.15, 0.2) is 5.82 Å². The largest absolute Gasteiger partial charge is 0.480 e. The first-order valence-electron chi connectivity index (χ1n) is 14.2. The van der Waals surface area contributed by atoms with Crippen LogP contribution in [0.5, 0.6) is 0 Å². The zero-order chi connectivity index (χ0) is 28.8. The van der Waals surface area contributed by atoms with E-state index in [0.717, 1.165) is 28.2 Å². The van der Waals surface area contributed by atoms with Crippen molar-refractivity contribution in [1.29, 1.82) is 0 Å². The molecule has 0 aliphatic heterocycles. The van der Waals surface area contributed by atoms with Gasteiger partial charge in [-0.3, -0.25) is 4.79 Å². The Morgan fingerprint density at radius 2 is 1.46 bits per heavy atom. The van der Waals surface area contributed by atoms with Gasteiger partial charge in [0.2, 0.25) is 0 Å². The standard InChI is InChI=1S/C34H34ClN3O3/c1-2-22-3-7-24(8-4-22)25-11-13-26(14-12-25)29-20-36-32(37-21-29)27-9-5-23(6-10-27)19-31(34(40)41)38-33(39)28-15-17-30(35)18-16-28/h5-6,9-18,20-22,24,31H,2-4,7-8,19H2,1H3,(H,38,39)(H,40,41)/t22?,24?,31-/m0/s1. The molecule has 0 unspecified atom stereocenters. The van der Waals surface area contributed by atoms with E-state index < -0.39 is 17.9 Å². The van der Waals surface area contributed by atoms with Crippen LogP contribution in [-0.2, 0) is 11.2 Å². The molecule has 41 heavy (non-hydrogen) atoms. The molecule has 6 nitrogen and oxygen atoms in total. The number of aliphatic carboxylic acids is 1. The third kappa shape index (κ3) is 7.19. The summed E-state index contributed by atoms with van der Waals surface area (Å²) in [5.74, 6) is 0.585. The fourth-order valence-corrected chi connectivity index (χ4v) is 5.67. The Kier molecular flexibility index (Phi) is 9.10. The lowest BCUT2D eigenvalue weighted by atomic mass is 9.78. The lowest BCUT2D eigenvalue weighted by Crippen LogP contribution is -2.42. The number of hydrogen-bond donors (Lipinski definition) is 2. The number of nitrogens with zero attached hydrogens (tertiary/aromatic N) is 2. The van der Waals surface area contributed by atoms with Crippen molar-refractivity contribution in [3.63, 3.8) is 0 Å². The van der Waals surface area contributed by atoms with Crippen LogP contribution in [0.15, 0.2) is 85.2 Å². The first-order chi connectivity index (χ1) is 19.9. The van der Waals surface area contributed by atoms with Gasteiger partial charge in [-0.15, -0.1) is 0 Å². The van der Waals surface area contributed by atoms with Crippen molar-refractivity contribution in [2.75, 3.05) is 0 Å². The molecule has 1 aromatic heterocycles. The topological polar surface area (TPSA) is 92.2 Å². The molecule has 7 heteroatoms. The van der Waals surface area contributed by atoms with Crippen LogP contribution in [0.2, 0.25) is 5.02 Å². The lowest BCUT2D eigenvalue weighted by molar-refractivity contribution is -0.139. The summed E-state index contributed by atoms with van der Waals surface area (Å²) in [7, 11) is 0. The molecule has 1 saturated carbocycles. The van der Waals surface area contributed by atoms with Crippen molar-refractivity contribution in [3.8, 4) is 22.5 Å². The van der Waals surface area contributed by atoms with Crippen LogP contribution in [0.4, 0.5) is 0 Å². The number of carboxylic acid groups (broad SMARTS) is 1. The van der Waals surface area contributed by atoms with Crippen LogP contribution in [0.1, 0.15) is 66.4 Å². The van der Waals surface area contributed by atoms with E-state index in [-0.39, 0.29) is 6.42 Å². The minimum absolute atomic E-state index is 0.144. The second-order valence-electron chi connectivity index (χ2n) is 10.8. The van der Waals surface area contributed by atoms with Crippen LogP contribution in [0.25, 0.3) is 22.5 Å². The van der Waals surface area contributed by atoms with Gasteiger partial charge in [0.25, 0.3) is 5.91 Å². The fourth-order valence-electron chi connectivity index (χ4n) is 5.55. The van der Waals surface area contributed by atoms with Crippen LogP contribution in [0, 0.1) is 5.92 Å². The van der Waals surface area contributed by atoms with Crippen molar-refractivity contribution in [3.05, 3.63) is 107 Å². The van der Waals surface area contributed by atoms with Crippen LogP contribution in [-0.4, -0.2) is 33.0 Å². The normalized spacial score (nSPS) is 17.5. The third-order valence-electron chi connectivity index (χ3n) is 8.15. The van der Waals surface area contributed by atoms with E-state index in [9.17, 15) is 14.7 Å². The van der Waals surface area contributed by atoms with E-state index >= 15 is 0 Å². The second kappa shape index (κ2) is 13.1. The van der Waals surface area contributed by atoms with Gasteiger partial charge < -0.3 is 10.4 Å². The quantitative estimate of drug-likeness (QED) is 0.217. The van der Waals surface area contributed by atoms with Gasteiger partial charge >= 0.3 is 5.97 Å². The van der Waals surface area contributed by atoms with Crippen molar-refractivity contribution < 1.29 is 14.7 Å². The van der Waals surface area contributed by atoms with Gasteiger partial charge in [-0.2, -0.15) is 0 Å². The monoisotopic (exact) mass is 567 g/mol. The van der Waals surface area contributed by atoms with Crippen molar-refractivity contribution in [2.45, 2.75) is 57.4 Å². The minimum atomic E-state index is -1.10. The van der Waals surface area contributed by atoms with Crippen molar-refractivity contribution in [1.82, 2.24) is 15.3 Å². The molecule has 3 aromatic carbocycles. The van der Waals surface area contributed by atoms with Gasteiger partial charge in [0.05, 0.1) is 0 Å². The van der Waals surface area contributed by atoms with Gasteiger partial charge in [-0.1, -0.05) is 73.5 Å². The summed E-state index contributed by atoms with van der Waals surface area (Å²) in [6, 6.07) is 21.5. The number of rotatable bonds is 9. The maximum atomic E-state index is 12.5. The number of benzene rings is 3. The molecular weight excluding hydrogens is 534 g/mol. The Labute approximate surface area is 245 Å². The molecule has 1 heterocycles. The Hall–Kier alpha value is -4.03. The SMILES string of the molecule is CCC1CCC(c2ccc(-c3cnc(-c4ccc(C[C@H](NC(=O)c5ccc(Cl)cc5)C(=O)O)cc4)nc3)cc2)CC1. The molecule has 1 aliphatic rings. The number of carbonyl (C=O) groups is 2. The molecule has 2 N–H and O–H groups in total. The van der Waals surface area contributed by atoms with Crippen LogP contribution in [0.3, 0.4) is 0 Å². The number of carboxylic acids is 1. The molecule has 0 bridgehead atoms. The van der Waals surface area contributed by atoms with Gasteiger partial charge in [0.1, 0.15) is 6.04 Å². The highest BCUT2D eigenvalue weighted by Crippen LogP contribution is 2.37. The summed E-state index contributed by atoms with van der Waals surface area (Å²) in [6.07, 6.45) is 10.3. The first kappa shape index (κ1) is 28.5. The van der Waals surface area contributed by atoms with Gasteiger partial charge in [-0.05, 0) is 78.5 Å². The van der Waals surface area contributed by atoms with E-state index in [1.807, 2.05) is 36.7 Å². The molecule has 5 rings (SSSR count). The number of nitrogens with one attached hydrogen (secondary N) is 1. The van der Waals surface area contributed by atoms with E-state index in [0.29, 0.717) is 22.3 Å². The molecule has 0 saturated heterocycles. The smallest absolute Gasteiger partial charge is 0.326 e. The summed E-state index contributed by atoms with van der Waals surface area (Å²) in [4.78, 5) is 33.5. The molecule has 4 aromatic rings. The van der Waals surface area contributed by atoms with E-state index in [1.165, 1.54) is 37.7 Å². The van der Waals surface area contributed by atoms with Crippen LogP contribution >= 0.6 is 11.6 Å². The predicted molar refractivity (Wildman–Crippen MR) is 162 cm³/mol. The zero-order valence-electron chi connectivity index (χ0n) is 23.1. The Morgan fingerprint density at radius 3 is 2.05 bits per heavy atom. The molecule has 1 amide bonds. The van der Waals surface area contributed by atoms with Crippen molar-refractivity contribution in [2.24, 2.45) is 5.92 Å². The molecule has 0 radical (unpaired) electrons. The summed E-state index contributed by atoms with van der Waals surface area (Å²) in [5.41, 5.74) is 5.44. The number of hydrogen-bond acceptors (Lipinski definition) is 4. The Bertz CT molecular complexity index is 1460. The summed E-state index contributed by atoms with van der Waals surface area (Å²) < 4.78 is 0. The summed E-state index contributed by atoms with van der Waals surface area (Å²) in [5, 5.41) is 12.8. The molecule has 1 atom stereocenters. The Balaban J connectivity index is 1.20. The number of halogens is 1. The lowest BCUT2D eigenvalue weighted by Gasteiger charge is -2.28. The molecule has 1 aliphatic carbocycles. The highest BCUT2D eigenvalue weighted by atomic mass is 35.5. The molecule has 0 spiro atoms. The zero-order valence-corrected chi connectivity index (χ0v) is 23.8. The van der Waals surface area contributed by atoms with Gasteiger partial charge in [-0.25, -0.2) is 14.8 Å². The van der Waals surface area contributed by atoms with E-state index in [2.05, 4.69) is 46.5 Å². The number of carbonyl (C=O) groups excluding carboxylic acids is 1. The molecule has 1 fully saturated rings. The predicted octanol–water partition coefficient (Wildman–Crippen LogP) is 7.57. The van der Waals surface area contributed by atoms with Crippen molar-refractivity contribution >= 4 is 23.5 Å². The van der Waals surface area contributed by atoms with E-state index in [4.69, 9.17) is 11.6 Å². The van der Waals surface area contributed by atoms with Gasteiger partial charge in [0, 0.05) is 40.5 Å². The maximum Gasteiger partial charge on any atom is 0.326 e. The number of aromatic nitrogens is 2. The third-order valence-corrected chi connectivity index (χ3v) is 8.41. The average molecular weight is 568 g/mol. The van der Waals surface area contributed by atoms with Crippen LogP contribution < -0.4 is 5.32 Å². The Morgan fingerprint density at radius 1 is 0.854 bits per heavy atom. The molecule has 210 valence electrons. The second-order valence-corrected chi connectivity index (χ2v) is 11.3. The fraction of sp³-hybridized carbons (Fsp3) is 0.294. The average Bonchev–Trinajstić information content (AvgIpc) is 3.01. The highest BCUT2D eigenvalue weighted by molar-refractivity contribution is 6.30. The summed E-state index contributed by atoms with van der Waals surface area (Å²) in [6.45, 7) is 2.30. The minimum Gasteiger partial charge on any atom is -0.480 e.